The highest BCUT2D eigenvalue weighted by atomic mass is 32.2. The molecule has 1 unspecified atom stereocenters. The van der Waals surface area contributed by atoms with E-state index in [1.807, 2.05) is 6.07 Å². The molecule has 108 valence electrons. The zero-order chi connectivity index (χ0) is 14.8. The van der Waals surface area contributed by atoms with Crippen LogP contribution in [-0.2, 0) is 14.8 Å². The van der Waals surface area contributed by atoms with Gasteiger partial charge in [-0.25, -0.2) is 8.42 Å². The molecule has 0 amide bonds. The lowest BCUT2D eigenvalue weighted by molar-refractivity contribution is 0.157. The van der Waals surface area contributed by atoms with E-state index in [0.717, 1.165) is 6.42 Å². The van der Waals surface area contributed by atoms with E-state index >= 15 is 0 Å². The van der Waals surface area contributed by atoms with Gasteiger partial charge in [-0.3, -0.25) is 0 Å². The minimum atomic E-state index is -3.53. The molecule has 1 aromatic rings. The molecule has 1 fully saturated rings. The van der Waals surface area contributed by atoms with E-state index in [4.69, 9.17) is 10.00 Å². The van der Waals surface area contributed by atoms with Crippen LogP contribution in [0.4, 0.5) is 0 Å². The maximum atomic E-state index is 12.6. The maximum absolute atomic E-state index is 12.6. The molecule has 1 heterocycles. The van der Waals surface area contributed by atoms with Gasteiger partial charge >= 0.3 is 0 Å². The van der Waals surface area contributed by atoms with Crippen LogP contribution in [0.25, 0.3) is 0 Å². The van der Waals surface area contributed by atoms with E-state index in [1.165, 1.54) is 10.4 Å². The van der Waals surface area contributed by atoms with Crippen LogP contribution in [0.2, 0.25) is 0 Å². The lowest BCUT2D eigenvalue weighted by atomic mass is 10.1. The summed E-state index contributed by atoms with van der Waals surface area (Å²) in [5.41, 5.74) is 1.03. The smallest absolute Gasteiger partial charge is 0.243 e. The molecule has 1 atom stereocenters. The monoisotopic (exact) mass is 294 g/mol. The molecule has 2 rings (SSSR count). The molecule has 0 saturated carbocycles. The second kappa shape index (κ2) is 5.92. The predicted octanol–water partition coefficient (Wildman–Crippen LogP) is 1.52. The number of ether oxygens (including phenoxy) is 1. The lowest BCUT2D eigenvalue weighted by Crippen LogP contribution is -2.30. The molecule has 0 spiro atoms. The number of rotatable bonds is 4. The number of methoxy groups -OCH3 is 1. The Balaban J connectivity index is 2.30. The molecule has 0 aromatic heterocycles. The van der Waals surface area contributed by atoms with Crippen LogP contribution in [0.15, 0.2) is 23.1 Å². The van der Waals surface area contributed by atoms with Gasteiger partial charge in [-0.15, -0.1) is 0 Å². The lowest BCUT2D eigenvalue weighted by Gasteiger charge is -2.18. The fraction of sp³-hybridized carbons (Fsp3) is 0.500. The third-order valence-corrected chi connectivity index (χ3v) is 5.59. The average Bonchev–Trinajstić information content (AvgIpc) is 2.89. The van der Waals surface area contributed by atoms with Crippen LogP contribution in [0, 0.1) is 24.2 Å². The summed E-state index contributed by atoms with van der Waals surface area (Å²) in [7, 11) is -1.90. The van der Waals surface area contributed by atoms with E-state index in [0.29, 0.717) is 30.8 Å². The van der Waals surface area contributed by atoms with Crippen molar-refractivity contribution in [1.29, 1.82) is 5.26 Å². The summed E-state index contributed by atoms with van der Waals surface area (Å²) in [6, 6.07) is 6.74. The summed E-state index contributed by atoms with van der Waals surface area (Å²) in [4.78, 5) is 0.231. The van der Waals surface area contributed by atoms with Crippen molar-refractivity contribution in [3.8, 4) is 6.07 Å². The highest BCUT2D eigenvalue weighted by Crippen LogP contribution is 2.26. The van der Waals surface area contributed by atoms with Gasteiger partial charge in [-0.05, 0) is 37.0 Å². The zero-order valence-corrected chi connectivity index (χ0v) is 12.5. The van der Waals surface area contributed by atoms with Gasteiger partial charge in [-0.2, -0.15) is 9.57 Å². The van der Waals surface area contributed by atoms with E-state index in [9.17, 15) is 8.42 Å². The van der Waals surface area contributed by atoms with E-state index in [2.05, 4.69) is 0 Å². The van der Waals surface area contributed by atoms with Gasteiger partial charge in [0.05, 0.1) is 23.1 Å². The van der Waals surface area contributed by atoms with Crippen molar-refractivity contribution < 1.29 is 13.2 Å². The quantitative estimate of drug-likeness (QED) is 0.844. The van der Waals surface area contributed by atoms with Crippen molar-refractivity contribution >= 4 is 10.0 Å². The molecule has 20 heavy (non-hydrogen) atoms. The first-order valence-electron chi connectivity index (χ1n) is 6.49. The molecule has 0 N–H and O–H groups in total. The number of hydrogen-bond donors (Lipinski definition) is 0. The number of sulfonamides is 1. The standard InChI is InChI=1S/C14H18N2O3S/c1-11-3-4-12(8-15)7-14(11)20(17,18)16-6-5-13(9-16)10-19-2/h3-4,7,13H,5-6,9-10H2,1-2H3. The van der Waals surface area contributed by atoms with Gasteiger partial charge in [0, 0.05) is 20.2 Å². The number of hydrogen-bond acceptors (Lipinski definition) is 4. The van der Waals surface area contributed by atoms with Gasteiger partial charge in [0.25, 0.3) is 0 Å². The largest absolute Gasteiger partial charge is 0.384 e. The topological polar surface area (TPSA) is 70.4 Å². The fourth-order valence-corrected chi connectivity index (χ4v) is 4.26. The van der Waals surface area contributed by atoms with Crippen molar-refractivity contribution in [3.63, 3.8) is 0 Å². The summed E-state index contributed by atoms with van der Waals surface area (Å²) >= 11 is 0. The second-order valence-corrected chi connectivity index (χ2v) is 6.97. The molecule has 5 nitrogen and oxygen atoms in total. The van der Waals surface area contributed by atoms with Crippen LogP contribution in [0.5, 0.6) is 0 Å². The summed E-state index contributed by atoms with van der Waals surface area (Å²) in [6.45, 7) is 3.30. The highest BCUT2D eigenvalue weighted by Gasteiger charge is 2.33. The number of nitriles is 1. The summed E-state index contributed by atoms with van der Waals surface area (Å²) in [5.74, 6) is 0.245. The first kappa shape index (κ1) is 15.0. The Bertz CT molecular complexity index is 634. The third kappa shape index (κ3) is 2.85. The molecular formula is C14H18N2O3S. The molecule has 0 radical (unpaired) electrons. The Kier molecular flexibility index (Phi) is 4.43. The van der Waals surface area contributed by atoms with Crippen molar-refractivity contribution in [3.05, 3.63) is 29.3 Å². The first-order valence-corrected chi connectivity index (χ1v) is 7.93. The molecule has 1 saturated heterocycles. The Labute approximate surface area is 119 Å². The first-order chi connectivity index (χ1) is 9.48. The molecule has 6 heteroatoms. The van der Waals surface area contributed by atoms with Crippen LogP contribution >= 0.6 is 0 Å². The van der Waals surface area contributed by atoms with Crippen molar-refractivity contribution in [2.45, 2.75) is 18.2 Å². The predicted molar refractivity (Wildman–Crippen MR) is 74.6 cm³/mol. The van der Waals surface area contributed by atoms with Gasteiger partial charge < -0.3 is 4.74 Å². The van der Waals surface area contributed by atoms with Gasteiger partial charge in [0.1, 0.15) is 0 Å². The van der Waals surface area contributed by atoms with Crippen LogP contribution < -0.4 is 0 Å². The minimum absolute atomic E-state index is 0.231. The SMILES string of the molecule is COCC1CCN(S(=O)(=O)c2cc(C#N)ccc2C)C1. The zero-order valence-electron chi connectivity index (χ0n) is 11.7. The normalized spacial score (nSPS) is 19.9. The summed E-state index contributed by atoms with van der Waals surface area (Å²) in [6.07, 6.45) is 0.810. The van der Waals surface area contributed by atoms with E-state index in [1.54, 1.807) is 26.2 Å². The Morgan fingerprint density at radius 3 is 2.90 bits per heavy atom. The third-order valence-electron chi connectivity index (χ3n) is 3.59. The molecule has 0 aliphatic carbocycles. The molecule has 0 bridgehead atoms. The van der Waals surface area contributed by atoms with E-state index in [-0.39, 0.29) is 10.8 Å². The Hall–Kier alpha value is -1.42. The Morgan fingerprint density at radius 2 is 2.25 bits per heavy atom. The van der Waals surface area contributed by atoms with Crippen LogP contribution in [-0.4, -0.2) is 39.5 Å². The van der Waals surface area contributed by atoms with Gasteiger partial charge in [-0.1, -0.05) is 6.07 Å². The van der Waals surface area contributed by atoms with Crippen molar-refractivity contribution in [1.82, 2.24) is 4.31 Å². The molecule has 1 aliphatic heterocycles. The number of benzene rings is 1. The second-order valence-electron chi connectivity index (χ2n) is 5.07. The van der Waals surface area contributed by atoms with Gasteiger partial charge in [0.2, 0.25) is 10.0 Å². The molecular weight excluding hydrogens is 276 g/mol. The van der Waals surface area contributed by atoms with Gasteiger partial charge in [0.15, 0.2) is 0 Å². The molecule has 1 aromatic carbocycles. The van der Waals surface area contributed by atoms with Crippen molar-refractivity contribution in [2.24, 2.45) is 5.92 Å². The Morgan fingerprint density at radius 1 is 1.50 bits per heavy atom. The van der Waals surface area contributed by atoms with Crippen LogP contribution in [0.3, 0.4) is 0 Å². The average molecular weight is 294 g/mol. The summed E-state index contributed by atoms with van der Waals surface area (Å²) < 4.78 is 31.9. The minimum Gasteiger partial charge on any atom is -0.384 e. The fourth-order valence-electron chi connectivity index (χ4n) is 2.47. The van der Waals surface area contributed by atoms with Crippen LogP contribution in [0.1, 0.15) is 17.5 Å². The maximum Gasteiger partial charge on any atom is 0.243 e. The number of aryl methyl sites for hydroxylation is 1. The molecule has 1 aliphatic rings. The summed E-state index contributed by atoms with van der Waals surface area (Å²) in [5, 5.41) is 8.92. The number of nitrogens with zero attached hydrogens (tertiary/aromatic N) is 2. The van der Waals surface area contributed by atoms with E-state index < -0.39 is 10.0 Å². The highest BCUT2D eigenvalue weighted by molar-refractivity contribution is 7.89. The van der Waals surface area contributed by atoms with Crippen molar-refractivity contribution in [2.75, 3.05) is 26.8 Å².